The van der Waals surface area contributed by atoms with Gasteiger partial charge in [0, 0.05) is 5.56 Å². The molecule has 0 aliphatic rings. The van der Waals surface area contributed by atoms with Crippen molar-refractivity contribution >= 4 is 10.1 Å². The fourth-order valence-corrected chi connectivity index (χ4v) is 1.49. The minimum atomic E-state index is -4.40. The summed E-state index contributed by atoms with van der Waals surface area (Å²) in [7, 11) is -4.40. The van der Waals surface area contributed by atoms with Crippen LogP contribution in [0.5, 0.6) is 0 Å². The maximum Gasteiger partial charge on any atom is 1.00 e. The molecule has 0 fully saturated rings. The SMILES string of the molecule is O=S(=O)(O)Cc1c(F)cccc1F.[H-].[Na+]. The van der Waals surface area contributed by atoms with Gasteiger partial charge in [-0.25, -0.2) is 8.78 Å². The van der Waals surface area contributed by atoms with Gasteiger partial charge >= 0.3 is 29.6 Å². The topological polar surface area (TPSA) is 54.4 Å². The molecule has 0 amide bonds. The van der Waals surface area contributed by atoms with Crippen molar-refractivity contribution in [3.63, 3.8) is 0 Å². The van der Waals surface area contributed by atoms with Crippen LogP contribution in [-0.4, -0.2) is 13.0 Å². The van der Waals surface area contributed by atoms with E-state index in [0.717, 1.165) is 18.2 Å². The van der Waals surface area contributed by atoms with E-state index in [2.05, 4.69) is 0 Å². The van der Waals surface area contributed by atoms with Crippen molar-refractivity contribution in [1.82, 2.24) is 0 Å². The first-order valence-electron chi connectivity index (χ1n) is 3.28. The third-order valence-corrected chi connectivity index (χ3v) is 2.04. The first kappa shape index (κ1) is 14.0. The minimum absolute atomic E-state index is 0. The first-order valence-corrected chi connectivity index (χ1v) is 4.89. The monoisotopic (exact) mass is 232 g/mol. The zero-order valence-electron chi connectivity index (χ0n) is 8.37. The molecular weight excluding hydrogens is 225 g/mol. The molecule has 14 heavy (non-hydrogen) atoms. The summed E-state index contributed by atoms with van der Waals surface area (Å²) in [6.45, 7) is 0. The maximum absolute atomic E-state index is 12.8. The Hall–Kier alpha value is -0.0100. The third kappa shape index (κ3) is 4.02. The molecule has 0 heterocycles. The van der Waals surface area contributed by atoms with E-state index in [0.29, 0.717) is 0 Å². The Morgan fingerprint density at radius 3 is 2.07 bits per heavy atom. The average Bonchev–Trinajstić information content (AvgIpc) is 1.95. The van der Waals surface area contributed by atoms with Gasteiger partial charge in [0.05, 0.1) is 0 Å². The van der Waals surface area contributed by atoms with Crippen LogP contribution in [0.15, 0.2) is 18.2 Å². The molecule has 0 unspecified atom stereocenters. The van der Waals surface area contributed by atoms with E-state index in [4.69, 9.17) is 4.55 Å². The van der Waals surface area contributed by atoms with Gasteiger partial charge in [-0.15, -0.1) is 0 Å². The van der Waals surface area contributed by atoms with Crippen molar-refractivity contribution in [2.75, 3.05) is 0 Å². The van der Waals surface area contributed by atoms with E-state index in [9.17, 15) is 17.2 Å². The Balaban J connectivity index is 0. The third-order valence-electron chi connectivity index (χ3n) is 1.39. The molecule has 7 heteroatoms. The van der Waals surface area contributed by atoms with E-state index in [-0.39, 0.29) is 31.0 Å². The Labute approximate surface area is 104 Å². The van der Waals surface area contributed by atoms with Crippen molar-refractivity contribution in [1.29, 1.82) is 0 Å². The van der Waals surface area contributed by atoms with Crippen LogP contribution < -0.4 is 29.6 Å². The molecule has 1 aromatic rings. The molecule has 0 aliphatic carbocycles. The molecule has 0 radical (unpaired) electrons. The van der Waals surface area contributed by atoms with E-state index in [1.54, 1.807) is 0 Å². The average molecular weight is 232 g/mol. The quantitative estimate of drug-likeness (QED) is 0.497. The Bertz CT molecular complexity index is 404. The zero-order chi connectivity index (χ0) is 10.1. The molecule has 1 aromatic carbocycles. The predicted octanol–water partition coefficient (Wildman–Crippen LogP) is -1.53. The summed E-state index contributed by atoms with van der Waals surface area (Å²) in [5, 5.41) is 0. The fourth-order valence-electron chi connectivity index (χ4n) is 0.853. The molecule has 0 atom stereocenters. The molecule has 0 aliphatic heterocycles. The number of benzene rings is 1. The number of hydrogen-bond donors (Lipinski definition) is 1. The van der Waals surface area contributed by atoms with E-state index < -0.39 is 33.1 Å². The molecule has 0 spiro atoms. The van der Waals surface area contributed by atoms with E-state index in [1.165, 1.54) is 0 Å². The molecule has 0 saturated carbocycles. The van der Waals surface area contributed by atoms with Crippen LogP contribution in [0.3, 0.4) is 0 Å². The van der Waals surface area contributed by atoms with Crippen molar-refractivity contribution in [3.8, 4) is 0 Å². The molecule has 0 saturated heterocycles. The molecular formula is C7H7F2NaO3S. The fraction of sp³-hybridized carbons (Fsp3) is 0.143. The van der Waals surface area contributed by atoms with Crippen LogP contribution >= 0.6 is 0 Å². The van der Waals surface area contributed by atoms with Gasteiger partial charge in [-0.2, -0.15) is 8.42 Å². The maximum atomic E-state index is 12.8. The van der Waals surface area contributed by atoms with Gasteiger partial charge in [-0.1, -0.05) is 6.07 Å². The number of rotatable bonds is 2. The van der Waals surface area contributed by atoms with Crippen LogP contribution in [0.4, 0.5) is 8.78 Å². The normalized spacial score (nSPS) is 10.8. The standard InChI is InChI=1S/C7H6F2O3S.Na.H/c8-6-2-1-3-7(9)5(6)4-13(10,11)12;;/h1-3H,4H2,(H,10,11,12);;/q;+1;-1. The smallest absolute Gasteiger partial charge is 1.00 e. The summed E-state index contributed by atoms with van der Waals surface area (Å²) in [5.74, 6) is -3.03. The second kappa shape index (κ2) is 5.18. The molecule has 74 valence electrons. The summed E-state index contributed by atoms with van der Waals surface area (Å²) in [4.78, 5) is 0. The van der Waals surface area contributed by atoms with Gasteiger partial charge in [0.25, 0.3) is 10.1 Å². The molecule has 1 N–H and O–H groups in total. The predicted molar refractivity (Wildman–Crippen MR) is 42.7 cm³/mol. The molecule has 1 rings (SSSR count). The summed E-state index contributed by atoms with van der Waals surface area (Å²) < 4.78 is 54.5. The van der Waals surface area contributed by atoms with Gasteiger partial charge in [-0.3, -0.25) is 4.55 Å². The minimum Gasteiger partial charge on any atom is -1.00 e. The van der Waals surface area contributed by atoms with Crippen molar-refractivity contribution in [2.45, 2.75) is 5.75 Å². The zero-order valence-corrected chi connectivity index (χ0v) is 10.2. The van der Waals surface area contributed by atoms with Gasteiger partial charge in [0.15, 0.2) is 0 Å². The number of hydrogen-bond acceptors (Lipinski definition) is 2. The van der Waals surface area contributed by atoms with Gasteiger partial charge in [-0.05, 0) is 12.1 Å². The Kier molecular flexibility index (Phi) is 5.17. The summed E-state index contributed by atoms with van der Waals surface area (Å²) in [6, 6.07) is 2.95. The second-order valence-corrected chi connectivity index (χ2v) is 3.88. The van der Waals surface area contributed by atoms with Crippen LogP contribution in [-0.2, 0) is 15.9 Å². The van der Waals surface area contributed by atoms with Gasteiger partial charge in [0.1, 0.15) is 17.4 Å². The molecule has 0 bridgehead atoms. The first-order chi connectivity index (χ1) is 5.90. The van der Waals surface area contributed by atoms with Gasteiger partial charge in [0.2, 0.25) is 0 Å². The van der Waals surface area contributed by atoms with Gasteiger partial charge < -0.3 is 1.43 Å². The number of halogens is 2. The van der Waals surface area contributed by atoms with E-state index in [1.807, 2.05) is 0 Å². The Morgan fingerprint density at radius 2 is 1.71 bits per heavy atom. The van der Waals surface area contributed by atoms with E-state index >= 15 is 0 Å². The second-order valence-electron chi connectivity index (χ2n) is 2.43. The van der Waals surface area contributed by atoms with Crippen LogP contribution in [0.25, 0.3) is 0 Å². The van der Waals surface area contributed by atoms with Crippen LogP contribution in [0, 0.1) is 11.6 Å². The van der Waals surface area contributed by atoms with Crippen molar-refractivity contribution in [2.24, 2.45) is 0 Å². The largest absolute Gasteiger partial charge is 1.00 e. The summed E-state index contributed by atoms with van der Waals surface area (Å²) in [5.41, 5.74) is -0.648. The molecule has 3 nitrogen and oxygen atoms in total. The van der Waals surface area contributed by atoms with Crippen LogP contribution in [0.2, 0.25) is 0 Å². The Morgan fingerprint density at radius 1 is 1.29 bits per heavy atom. The van der Waals surface area contributed by atoms with Crippen molar-refractivity contribution < 1.29 is 52.7 Å². The van der Waals surface area contributed by atoms with Crippen LogP contribution in [0.1, 0.15) is 6.99 Å². The van der Waals surface area contributed by atoms with Crippen molar-refractivity contribution in [3.05, 3.63) is 35.4 Å². The summed E-state index contributed by atoms with van der Waals surface area (Å²) >= 11 is 0. The molecule has 0 aromatic heterocycles. The summed E-state index contributed by atoms with van der Waals surface area (Å²) in [6.07, 6.45) is 0.